The van der Waals surface area contributed by atoms with E-state index in [1.54, 1.807) is 0 Å². The molecule has 96 valence electrons. The molecule has 1 heterocycles. The highest BCUT2D eigenvalue weighted by atomic mass is 16.3. The Kier molecular flexibility index (Phi) is 4.02. The molecule has 8 nitrogen and oxygen atoms in total. The maximum Gasteiger partial charge on any atom is 0.325 e. The van der Waals surface area contributed by atoms with Crippen LogP contribution in [0.25, 0.3) is 0 Å². The van der Waals surface area contributed by atoms with Crippen molar-refractivity contribution in [3.8, 4) is 0 Å². The molecule has 1 unspecified atom stereocenters. The number of carbonyl (C=O) groups is 3. The Morgan fingerprint density at radius 2 is 2.24 bits per heavy atom. The number of nitrogens with zero attached hydrogens (tertiary/aromatic N) is 1. The molecule has 0 aliphatic carbocycles. The molecule has 4 amide bonds. The van der Waals surface area contributed by atoms with Crippen LogP contribution in [0, 0.1) is 0 Å². The second-order valence-electron chi connectivity index (χ2n) is 4.07. The molecule has 1 atom stereocenters. The van der Waals surface area contributed by atoms with Crippen molar-refractivity contribution in [1.29, 1.82) is 0 Å². The summed E-state index contributed by atoms with van der Waals surface area (Å²) in [5, 5.41) is 22.8. The van der Waals surface area contributed by atoms with Gasteiger partial charge in [-0.1, -0.05) is 0 Å². The zero-order chi connectivity index (χ0) is 13.1. The van der Waals surface area contributed by atoms with Crippen LogP contribution in [0.3, 0.4) is 0 Å². The van der Waals surface area contributed by atoms with E-state index in [2.05, 4.69) is 10.6 Å². The Balaban J connectivity index is 2.40. The summed E-state index contributed by atoms with van der Waals surface area (Å²) in [4.78, 5) is 34.4. The van der Waals surface area contributed by atoms with Crippen LogP contribution in [0.1, 0.15) is 6.92 Å². The monoisotopic (exact) mass is 245 g/mol. The number of carbonyl (C=O) groups excluding carboxylic acids is 3. The minimum Gasteiger partial charge on any atom is -0.393 e. The second kappa shape index (κ2) is 5.11. The number of urea groups is 1. The molecule has 0 radical (unpaired) electrons. The van der Waals surface area contributed by atoms with Crippen LogP contribution in [0.5, 0.6) is 0 Å². The first-order valence-electron chi connectivity index (χ1n) is 5.04. The van der Waals surface area contributed by atoms with Gasteiger partial charge >= 0.3 is 6.03 Å². The van der Waals surface area contributed by atoms with Crippen molar-refractivity contribution in [2.75, 3.05) is 26.2 Å². The van der Waals surface area contributed by atoms with Gasteiger partial charge < -0.3 is 20.8 Å². The number of hydrogen-bond donors (Lipinski definition) is 4. The first-order valence-corrected chi connectivity index (χ1v) is 5.04. The summed E-state index contributed by atoms with van der Waals surface area (Å²) < 4.78 is 0. The van der Waals surface area contributed by atoms with Gasteiger partial charge in [-0.25, -0.2) is 4.79 Å². The zero-order valence-electron chi connectivity index (χ0n) is 9.39. The molecular formula is C9H15N3O5. The molecule has 0 aromatic carbocycles. The Morgan fingerprint density at radius 1 is 1.59 bits per heavy atom. The standard InChI is InChI=1S/C9H15N3O5/c1-9(17,5-13)4-11-6(14)3-12-7(15)2-10-8(12)16/h13,17H,2-5H2,1H3,(H,10,16)(H,11,14). The summed E-state index contributed by atoms with van der Waals surface area (Å²) in [7, 11) is 0. The van der Waals surface area contributed by atoms with Gasteiger partial charge in [0.2, 0.25) is 5.91 Å². The Hall–Kier alpha value is -1.67. The van der Waals surface area contributed by atoms with E-state index in [1.807, 2.05) is 0 Å². The first kappa shape index (κ1) is 13.4. The predicted octanol–water partition coefficient (Wildman–Crippen LogP) is -2.60. The SMILES string of the molecule is CC(O)(CO)CNC(=O)CN1C(=O)CNC1=O. The highest BCUT2D eigenvalue weighted by Gasteiger charge is 2.30. The fourth-order valence-electron chi connectivity index (χ4n) is 1.16. The van der Waals surface area contributed by atoms with Gasteiger partial charge in [0.1, 0.15) is 12.1 Å². The van der Waals surface area contributed by atoms with E-state index in [0.29, 0.717) is 0 Å². The van der Waals surface area contributed by atoms with Gasteiger partial charge in [-0.05, 0) is 6.92 Å². The molecule has 1 saturated heterocycles. The smallest absolute Gasteiger partial charge is 0.325 e. The quantitative estimate of drug-likeness (QED) is 0.396. The van der Waals surface area contributed by atoms with Crippen LogP contribution in [-0.2, 0) is 9.59 Å². The molecule has 17 heavy (non-hydrogen) atoms. The molecule has 0 spiro atoms. The van der Waals surface area contributed by atoms with Gasteiger partial charge in [0.15, 0.2) is 0 Å². The van der Waals surface area contributed by atoms with E-state index in [1.165, 1.54) is 6.92 Å². The number of aliphatic hydroxyl groups excluding tert-OH is 1. The van der Waals surface area contributed by atoms with Gasteiger partial charge in [0.05, 0.1) is 13.2 Å². The molecule has 0 aromatic rings. The third-order valence-electron chi connectivity index (χ3n) is 2.25. The molecule has 1 aliphatic rings. The minimum atomic E-state index is -1.42. The second-order valence-corrected chi connectivity index (χ2v) is 4.07. The lowest BCUT2D eigenvalue weighted by atomic mass is 10.1. The van der Waals surface area contributed by atoms with Crippen LogP contribution in [0.15, 0.2) is 0 Å². The number of amides is 4. The summed E-state index contributed by atoms with van der Waals surface area (Å²) in [6, 6.07) is -0.612. The number of hydrogen-bond acceptors (Lipinski definition) is 5. The van der Waals surface area contributed by atoms with Crippen molar-refractivity contribution in [3.05, 3.63) is 0 Å². The van der Waals surface area contributed by atoms with E-state index < -0.39 is 36.6 Å². The molecule has 8 heteroatoms. The minimum absolute atomic E-state index is 0.111. The number of aliphatic hydroxyl groups is 2. The largest absolute Gasteiger partial charge is 0.393 e. The molecule has 1 fully saturated rings. The molecule has 0 aromatic heterocycles. The summed E-state index contributed by atoms with van der Waals surface area (Å²) >= 11 is 0. The van der Waals surface area contributed by atoms with Crippen LogP contribution < -0.4 is 10.6 Å². The molecule has 0 bridgehead atoms. The topological polar surface area (TPSA) is 119 Å². The van der Waals surface area contributed by atoms with E-state index in [-0.39, 0.29) is 13.1 Å². The Morgan fingerprint density at radius 3 is 2.71 bits per heavy atom. The number of rotatable bonds is 5. The molecule has 0 saturated carbocycles. The van der Waals surface area contributed by atoms with Crippen molar-refractivity contribution < 1.29 is 24.6 Å². The normalized spacial score (nSPS) is 18.9. The fraction of sp³-hybridized carbons (Fsp3) is 0.667. The number of imide groups is 1. The fourth-order valence-corrected chi connectivity index (χ4v) is 1.16. The predicted molar refractivity (Wildman–Crippen MR) is 55.8 cm³/mol. The summed E-state index contributed by atoms with van der Waals surface area (Å²) in [5.74, 6) is -1.05. The van der Waals surface area contributed by atoms with Crippen molar-refractivity contribution in [3.63, 3.8) is 0 Å². The molecule has 1 rings (SSSR count). The maximum atomic E-state index is 11.4. The molecule has 4 N–H and O–H groups in total. The van der Waals surface area contributed by atoms with Gasteiger partial charge in [0.25, 0.3) is 5.91 Å². The maximum absolute atomic E-state index is 11.4. The van der Waals surface area contributed by atoms with Gasteiger partial charge in [-0.15, -0.1) is 0 Å². The van der Waals surface area contributed by atoms with Crippen molar-refractivity contribution in [1.82, 2.24) is 15.5 Å². The van der Waals surface area contributed by atoms with Crippen molar-refractivity contribution >= 4 is 17.8 Å². The summed E-state index contributed by atoms with van der Waals surface area (Å²) in [6.07, 6.45) is 0. The highest BCUT2D eigenvalue weighted by Crippen LogP contribution is 2.00. The van der Waals surface area contributed by atoms with Crippen molar-refractivity contribution in [2.45, 2.75) is 12.5 Å². The average molecular weight is 245 g/mol. The lowest BCUT2D eigenvalue weighted by molar-refractivity contribution is -0.131. The van der Waals surface area contributed by atoms with Gasteiger partial charge in [-0.2, -0.15) is 0 Å². The van der Waals surface area contributed by atoms with E-state index >= 15 is 0 Å². The Labute approximate surface area is 97.6 Å². The van der Waals surface area contributed by atoms with E-state index in [0.717, 1.165) is 4.90 Å². The summed E-state index contributed by atoms with van der Waals surface area (Å²) in [5.41, 5.74) is -1.42. The average Bonchev–Trinajstić information content (AvgIpc) is 2.58. The number of nitrogens with one attached hydrogen (secondary N) is 2. The van der Waals surface area contributed by atoms with Crippen LogP contribution in [0.4, 0.5) is 4.79 Å². The molecular weight excluding hydrogens is 230 g/mol. The third kappa shape index (κ3) is 3.68. The third-order valence-corrected chi connectivity index (χ3v) is 2.25. The van der Waals surface area contributed by atoms with Gasteiger partial charge in [-0.3, -0.25) is 14.5 Å². The zero-order valence-corrected chi connectivity index (χ0v) is 9.39. The first-order chi connectivity index (χ1) is 7.85. The lowest BCUT2D eigenvalue weighted by Crippen LogP contribution is -2.47. The van der Waals surface area contributed by atoms with Gasteiger partial charge in [0, 0.05) is 6.54 Å². The highest BCUT2D eigenvalue weighted by molar-refractivity contribution is 6.04. The molecule has 1 aliphatic heterocycles. The van der Waals surface area contributed by atoms with Crippen LogP contribution in [-0.4, -0.2) is 64.8 Å². The summed E-state index contributed by atoms with van der Waals surface area (Å²) in [6.45, 7) is 0.177. The van der Waals surface area contributed by atoms with Crippen molar-refractivity contribution in [2.24, 2.45) is 0 Å². The Bertz CT molecular complexity index is 326. The van der Waals surface area contributed by atoms with Crippen LogP contribution >= 0.6 is 0 Å². The van der Waals surface area contributed by atoms with E-state index in [9.17, 15) is 19.5 Å². The van der Waals surface area contributed by atoms with Crippen LogP contribution in [0.2, 0.25) is 0 Å². The lowest BCUT2D eigenvalue weighted by Gasteiger charge is -2.21. The van der Waals surface area contributed by atoms with E-state index in [4.69, 9.17) is 5.11 Å².